The number of nitrogens with one attached hydrogen (secondary N) is 2. The van der Waals surface area contributed by atoms with Crippen molar-refractivity contribution in [3.8, 4) is 0 Å². The Bertz CT molecular complexity index is 832. The zero-order chi connectivity index (χ0) is 17.9. The molecule has 6 nitrogen and oxygen atoms in total. The van der Waals surface area contributed by atoms with Crippen LogP contribution in [0.5, 0.6) is 0 Å². The molecule has 0 aliphatic carbocycles. The molecule has 1 aromatic heterocycles. The number of hydrogen-bond donors (Lipinski definition) is 2. The van der Waals surface area contributed by atoms with Crippen molar-refractivity contribution in [3.05, 3.63) is 53.0 Å². The van der Waals surface area contributed by atoms with E-state index in [0.717, 1.165) is 12.1 Å². The van der Waals surface area contributed by atoms with Crippen LogP contribution in [-0.2, 0) is 17.7 Å². The Balaban J connectivity index is 0.00000140. The first-order valence-corrected chi connectivity index (χ1v) is 8.84. The summed E-state index contributed by atoms with van der Waals surface area (Å²) in [6.07, 6.45) is 2.28. The molecule has 3 heterocycles. The average Bonchev–Trinajstić information content (AvgIpc) is 2.71. The van der Waals surface area contributed by atoms with E-state index in [1.165, 1.54) is 0 Å². The highest BCUT2D eigenvalue weighted by molar-refractivity contribution is 6.07. The summed E-state index contributed by atoms with van der Waals surface area (Å²) < 4.78 is 20.2. The first-order chi connectivity index (χ1) is 12.7. The van der Waals surface area contributed by atoms with E-state index in [9.17, 15) is 9.18 Å². The molecular weight excluding hydrogens is 406 g/mol. The number of carbonyl (C=O) groups excluding carboxylic acids is 1. The Morgan fingerprint density at radius 3 is 2.79 bits per heavy atom. The van der Waals surface area contributed by atoms with Crippen LogP contribution in [0, 0.1) is 5.82 Å². The van der Waals surface area contributed by atoms with Gasteiger partial charge in [0.1, 0.15) is 11.6 Å². The minimum Gasteiger partial charge on any atom is -0.378 e. The summed E-state index contributed by atoms with van der Waals surface area (Å²) >= 11 is 0. The van der Waals surface area contributed by atoms with Gasteiger partial charge in [0.25, 0.3) is 5.91 Å². The van der Waals surface area contributed by atoms with E-state index < -0.39 is 0 Å². The largest absolute Gasteiger partial charge is 0.378 e. The van der Waals surface area contributed by atoms with Gasteiger partial charge in [-0.15, -0.1) is 24.8 Å². The summed E-state index contributed by atoms with van der Waals surface area (Å²) in [5.41, 5.74) is 2.28. The van der Waals surface area contributed by atoms with Gasteiger partial charge in [-0.2, -0.15) is 0 Å². The molecule has 4 rings (SSSR count). The number of hydrogen-bond acceptors (Lipinski definition) is 5. The molecule has 1 saturated heterocycles. The van der Waals surface area contributed by atoms with Crippen LogP contribution in [0.4, 0.5) is 15.9 Å². The van der Waals surface area contributed by atoms with Crippen LogP contribution in [0.1, 0.15) is 21.5 Å². The van der Waals surface area contributed by atoms with Crippen LogP contribution < -0.4 is 15.5 Å². The molecule has 0 spiro atoms. The van der Waals surface area contributed by atoms with Crippen molar-refractivity contribution in [2.24, 2.45) is 0 Å². The van der Waals surface area contributed by atoms with Gasteiger partial charge in [0.15, 0.2) is 0 Å². The molecule has 2 aromatic rings. The van der Waals surface area contributed by atoms with Gasteiger partial charge in [-0.05, 0) is 42.3 Å². The molecule has 2 aliphatic rings. The Kier molecular flexibility index (Phi) is 8.00. The number of benzene rings is 1. The van der Waals surface area contributed by atoms with Crippen molar-refractivity contribution in [3.63, 3.8) is 0 Å². The topological polar surface area (TPSA) is 66.5 Å². The smallest absolute Gasteiger partial charge is 0.259 e. The van der Waals surface area contributed by atoms with E-state index in [1.54, 1.807) is 24.4 Å². The highest BCUT2D eigenvalue weighted by Crippen LogP contribution is 2.26. The monoisotopic (exact) mass is 428 g/mol. The Morgan fingerprint density at radius 1 is 1.21 bits per heavy atom. The van der Waals surface area contributed by atoms with Crippen molar-refractivity contribution in [2.45, 2.75) is 13.0 Å². The molecule has 2 aliphatic heterocycles. The van der Waals surface area contributed by atoms with Gasteiger partial charge >= 0.3 is 0 Å². The van der Waals surface area contributed by atoms with Crippen LogP contribution in [0.2, 0.25) is 0 Å². The van der Waals surface area contributed by atoms with Gasteiger partial charge in [-0.1, -0.05) is 6.07 Å². The predicted octanol–water partition coefficient (Wildman–Crippen LogP) is 2.80. The Hall–Kier alpha value is -1.93. The second-order valence-corrected chi connectivity index (χ2v) is 6.42. The number of nitrogens with zero attached hydrogens (tertiary/aromatic N) is 2. The third-order valence-electron chi connectivity index (χ3n) is 4.80. The van der Waals surface area contributed by atoms with E-state index in [4.69, 9.17) is 4.74 Å². The summed E-state index contributed by atoms with van der Waals surface area (Å²) in [7, 11) is 0. The lowest BCUT2D eigenvalue weighted by Gasteiger charge is -2.29. The van der Waals surface area contributed by atoms with Gasteiger partial charge in [0.05, 0.1) is 24.5 Å². The molecule has 152 valence electrons. The van der Waals surface area contributed by atoms with Gasteiger partial charge < -0.3 is 20.3 Å². The summed E-state index contributed by atoms with van der Waals surface area (Å²) in [5, 5.41) is 5.94. The SMILES string of the molecule is Cl.Cl.O=C(Nc1ccc2c(c1F)CCNC2)c1cccnc1N1CCOCC1. The average molecular weight is 429 g/mol. The standard InChI is InChI=1S/C19H21FN4O2.2ClH/c20-17-14-5-7-21-12-13(14)3-4-16(17)23-19(25)15-2-1-6-22-18(15)24-8-10-26-11-9-24;;/h1-4,6,21H,5,7-12H2,(H,23,25);2*1H. The van der Waals surface area contributed by atoms with E-state index in [2.05, 4.69) is 15.6 Å². The zero-order valence-electron chi connectivity index (χ0n) is 15.2. The van der Waals surface area contributed by atoms with Crippen molar-refractivity contribution in [2.75, 3.05) is 43.1 Å². The maximum atomic E-state index is 14.8. The van der Waals surface area contributed by atoms with Gasteiger partial charge in [-0.25, -0.2) is 9.37 Å². The van der Waals surface area contributed by atoms with Crippen LogP contribution in [0.25, 0.3) is 0 Å². The third-order valence-corrected chi connectivity index (χ3v) is 4.80. The fraction of sp³-hybridized carbons (Fsp3) is 0.368. The Morgan fingerprint density at radius 2 is 2.00 bits per heavy atom. The number of carbonyl (C=O) groups is 1. The first kappa shape index (κ1) is 22.4. The fourth-order valence-electron chi connectivity index (χ4n) is 3.42. The highest BCUT2D eigenvalue weighted by Gasteiger charge is 2.22. The molecule has 1 aromatic carbocycles. The third kappa shape index (κ3) is 4.55. The molecule has 0 unspecified atom stereocenters. The molecule has 1 fully saturated rings. The summed E-state index contributed by atoms with van der Waals surface area (Å²) in [4.78, 5) is 19.2. The number of aromatic nitrogens is 1. The quantitative estimate of drug-likeness (QED) is 0.786. The van der Waals surface area contributed by atoms with Crippen LogP contribution in [-0.4, -0.2) is 43.7 Å². The molecule has 0 saturated carbocycles. The van der Waals surface area contributed by atoms with Crippen molar-refractivity contribution in [1.29, 1.82) is 0 Å². The molecule has 2 N–H and O–H groups in total. The zero-order valence-corrected chi connectivity index (χ0v) is 16.9. The van der Waals surface area contributed by atoms with Crippen LogP contribution in [0.3, 0.4) is 0 Å². The minimum absolute atomic E-state index is 0. The lowest BCUT2D eigenvalue weighted by atomic mass is 9.99. The van der Waals surface area contributed by atoms with E-state index in [-0.39, 0.29) is 42.2 Å². The molecule has 1 amide bonds. The van der Waals surface area contributed by atoms with Gasteiger partial charge in [-0.3, -0.25) is 4.79 Å². The number of anilines is 2. The van der Waals surface area contributed by atoms with E-state index in [0.29, 0.717) is 56.2 Å². The first-order valence-electron chi connectivity index (χ1n) is 8.84. The number of morpholine rings is 1. The summed E-state index contributed by atoms with van der Waals surface area (Å²) in [5.74, 6) is -0.0857. The molecule has 0 atom stereocenters. The highest BCUT2D eigenvalue weighted by atomic mass is 35.5. The van der Waals surface area contributed by atoms with E-state index >= 15 is 0 Å². The molecular formula is C19H23Cl2FN4O2. The Labute approximate surface area is 175 Å². The second-order valence-electron chi connectivity index (χ2n) is 6.42. The summed E-state index contributed by atoms with van der Waals surface area (Å²) in [6, 6.07) is 6.93. The maximum Gasteiger partial charge on any atom is 0.259 e. The predicted molar refractivity (Wildman–Crippen MR) is 112 cm³/mol. The number of pyridine rings is 1. The van der Waals surface area contributed by atoms with Gasteiger partial charge in [0.2, 0.25) is 0 Å². The molecule has 9 heteroatoms. The van der Waals surface area contributed by atoms with Crippen LogP contribution >= 0.6 is 24.8 Å². The number of fused-ring (bicyclic) bond motifs is 1. The molecule has 0 bridgehead atoms. The van der Waals surface area contributed by atoms with Gasteiger partial charge in [0, 0.05) is 25.8 Å². The lowest BCUT2D eigenvalue weighted by Crippen LogP contribution is -2.38. The normalized spacial score (nSPS) is 15.7. The number of rotatable bonds is 3. The molecule has 0 radical (unpaired) electrons. The van der Waals surface area contributed by atoms with Crippen LogP contribution in [0.15, 0.2) is 30.5 Å². The lowest BCUT2D eigenvalue weighted by molar-refractivity contribution is 0.102. The van der Waals surface area contributed by atoms with E-state index in [1.807, 2.05) is 11.0 Å². The van der Waals surface area contributed by atoms with Crippen molar-refractivity contribution in [1.82, 2.24) is 10.3 Å². The summed E-state index contributed by atoms with van der Waals surface area (Å²) in [6.45, 7) is 3.96. The number of ether oxygens (including phenoxy) is 1. The van der Waals surface area contributed by atoms with Crippen molar-refractivity contribution < 1.29 is 13.9 Å². The van der Waals surface area contributed by atoms with Crippen molar-refractivity contribution >= 4 is 42.2 Å². The number of amides is 1. The fourth-order valence-corrected chi connectivity index (χ4v) is 3.42. The molecule has 28 heavy (non-hydrogen) atoms. The maximum absolute atomic E-state index is 14.8. The second kappa shape index (κ2) is 10.0. The number of halogens is 3. The minimum atomic E-state index is -0.354.